The standard InChI is InChI=1S/C16H19NOS/c1-3-12(2)14-4-6-15(7-5-14)17-16(18)10-13-8-9-19-11-13/h4-9,11-12H,3,10H2,1-2H3,(H,17,18)/t12-/m1/s1. The number of amides is 1. The van der Waals surface area contributed by atoms with Crippen molar-refractivity contribution < 1.29 is 4.79 Å². The van der Waals surface area contributed by atoms with Crippen molar-refractivity contribution in [3.05, 3.63) is 52.2 Å². The number of carbonyl (C=O) groups excluding carboxylic acids is 1. The van der Waals surface area contributed by atoms with E-state index in [0.29, 0.717) is 12.3 Å². The third-order valence-corrected chi connectivity index (χ3v) is 4.05. The molecule has 0 bridgehead atoms. The van der Waals surface area contributed by atoms with Crippen LogP contribution in [0.2, 0.25) is 0 Å². The summed E-state index contributed by atoms with van der Waals surface area (Å²) in [5, 5.41) is 6.93. The topological polar surface area (TPSA) is 29.1 Å². The van der Waals surface area contributed by atoms with Crippen molar-refractivity contribution in [3.8, 4) is 0 Å². The lowest BCUT2D eigenvalue weighted by Gasteiger charge is -2.10. The number of rotatable bonds is 5. The van der Waals surface area contributed by atoms with Crippen molar-refractivity contribution in [1.29, 1.82) is 0 Å². The first kappa shape index (κ1) is 13.8. The predicted molar refractivity (Wildman–Crippen MR) is 81.8 cm³/mol. The fourth-order valence-corrected chi connectivity index (χ4v) is 2.58. The first-order valence-electron chi connectivity index (χ1n) is 6.60. The summed E-state index contributed by atoms with van der Waals surface area (Å²) in [6, 6.07) is 10.1. The van der Waals surface area contributed by atoms with Gasteiger partial charge in [0.15, 0.2) is 0 Å². The molecule has 1 amide bonds. The average Bonchev–Trinajstić information content (AvgIpc) is 2.91. The van der Waals surface area contributed by atoms with Crippen molar-refractivity contribution in [2.24, 2.45) is 0 Å². The van der Waals surface area contributed by atoms with Gasteiger partial charge in [-0.15, -0.1) is 0 Å². The van der Waals surface area contributed by atoms with Crippen LogP contribution < -0.4 is 5.32 Å². The van der Waals surface area contributed by atoms with Crippen LogP contribution in [-0.4, -0.2) is 5.91 Å². The summed E-state index contributed by atoms with van der Waals surface area (Å²) < 4.78 is 0. The van der Waals surface area contributed by atoms with Gasteiger partial charge in [-0.05, 0) is 52.4 Å². The summed E-state index contributed by atoms with van der Waals surface area (Å²) in [6.45, 7) is 4.39. The van der Waals surface area contributed by atoms with E-state index in [-0.39, 0.29) is 5.91 Å². The summed E-state index contributed by atoms with van der Waals surface area (Å²) in [4.78, 5) is 11.8. The van der Waals surface area contributed by atoms with Crippen molar-refractivity contribution >= 4 is 22.9 Å². The largest absolute Gasteiger partial charge is 0.326 e. The molecule has 2 nitrogen and oxygen atoms in total. The van der Waals surface area contributed by atoms with E-state index >= 15 is 0 Å². The molecule has 3 heteroatoms. The van der Waals surface area contributed by atoms with Gasteiger partial charge in [-0.25, -0.2) is 0 Å². The van der Waals surface area contributed by atoms with Gasteiger partial charge < -0.3 is 5.32 Å². The molecule has 100 valence electrons. The average molecular weight is 273 g/mol. The molecule has 0 unspecified atom stereocenters. The van der Waals surface area contributed by atoms with E-state index in [1.54, 1.807) is 11.3 Å². The normalized spacial score (nSPS) is 12.1. The third kappa shape index (κ3) is 3.93. The molecule has 0 aliphatic carbocycles. The Balaban J connectivity index is 1.94. The van der Waals surface area contributed by atoms with Crippen LogP contribution >= 0.6 is 11.3 Å². The van der Waals surface area contributed by atoms with Gasteiger partial charge in [-0.3, -0.25) is 4.79 Å². The van der Waals surface area contributed by atoms with E-state index in [1.807, 2.05) is 29.0 Å². The lowest BCUT2D eigenvalue weighted by atomic mass is 9.99. The molecular weight excluding hydrogens is 254 g/mol. The van der Waals surface area contributed by atoms with Crippen LogP contribution in [0.1, 0.15) is 37.3 Å². The Kier molecular flexibility index (Phi) is 4.74. The maximum Gasteiger partial charge on any atom is 0.228 e. The highest BCUT2D eigenvalue weighted by Gasteiger charge is 2.06. The second-order valence-electron chi connectivity index (χ2n) is 4.79. The molecule has 1 aromatic carbocycles. The molecule has 0 fully saturated rings. The third-order valence-electron chi connectivity index (χ3n) is 3.32. The molecule has 1 N–H and O–H groups in total. The van der Waals surface area contributed by atoms with Gasteiger partial charge in [0.1, 0.15) is 0 Å². The fourth-order valence-electron chi connectivity index (χ4n) is 1.91. The number of hydrogen-bond acceptors (Lipinski definition) is 2. The van der Waals surface area contributed by atoms with Gasteiger partial charge in [-0.1, -0.05) is 26.0 Å². The molecule has 1 atom stereocenters. The number of nitrogens with one attached hydrogen (secondary N) is 1. The number of carbonyl (C=O) groups is 1. The minimum absolute atomic E-state index is 0.0367. The molecule has 0 aliphatic rings. The Labute approximate surface area is 118 Å². The number of thiophene rings is 1. The number of benzene rings is 1. The van der Waals surface area contributed by atoms with Crippen LogP contribution in [0.25, 0.3) is 0 Å². The van der Waals surface area contributed by atoms with Crippen molar-refractivity contribution in [1.82, 2.24) is 0 Å². The predicted octanol–water partition coefficient (Wildman–Crippen LogP) is 4.44. The summed E-state index contributed by atoms with van der Waals surface area (Å²) in [5.74, 6) is 0.602. The van der Waals surface area contributed by atoms with E-state index in [9.17, 15) is 4.79 Å². The molecule has 2 rings (SSSR count). The molecule has 19 heavy (non-hydrogen) atoms. The van der Waals surface area contributed by atoms with Gasteiger partial charge in [-0.2, -0.15) is 11.3 Å². The molecule has 0 saturated carbocycles. The fraction of sp³-hybridized carbons (Fsp3) is 0.312. The van der Waals surface area contributed by atoms with Crippen LogP contribution in [-0.2, 0) is 11.2 Å². The summed E-state index contributed by atoms with van der Waals surface area (Å²) in [6.07, 6.45) is 1.57. The molecule has 0 aliphatic heterocycles. The zero-order valence-electron chi connectivity index (χ0n) is 11.3. The highest BCUT2D eigenvalue weighted by molar-refractivity contribution is 7.08. The maximum atomic E-state index is 11.8. The van der Waals surface area contributed by atoms with Gasteiger partial charge >= 0.3 is 0 Å². The summed E-state index contributed by atoms with van der Waals surface area (Å²) in [5.41, 5.74) is 3.25. The first-order valence-corrected chi connectivity index (χ1v) is 7.54. The van der Waals surface area contributed by atoms with Crippen molar-refractivity contribution in [3.63, 3.8) is 0 Å². The maximum absolute atomic E-state index is 11.8. The zero-order chi connectivity index (χ0) is 13.7. The van der Waals surface area contributed by atoms with Gasteiger partial charge in [0.25, 0.3) is 0 Å². The lowest BCUT2D eigenvalue weighted by Crippen LogP contribution is -2.13. The SMILES string of the molecule is CC[C@@H](C)c1ccc(NC(=O)Cc2ccsc2)cc1. The number of anilines is 1. The zero-order valence-corrected chi connectivity index (χ0v) is 12.2. The van der Waals surface area contributed by atoms with E-state index in [0.717, 1.165) is 17.7 Å². The van der Waals surface area contributed by atoms with Crippen LogP contribution in [0.3, 0.4) is 0 Å². The van der Waals surface area contributed by atoms with E-state index in [4.69, 9.17) is 0 Å². The van der Waals surface area contributed by atoms with Crippen molar-refractivity contribution in [2.75, 3.05) is 5.32 Å². The van der Waals surface area contributed by atoms with E-state index in [2.05, 4.69) is 31.3 Å². The second kappa shape index (κ2) is 6.53. The van der Waals surface area contributed by atoms with Gasteiger partial charge in [0.05, 0.1) is 6.42 Å². The van der Waals surface area contributed by atoms with Crippen LogP contribution in [0.4, 0.5) is 5.69 Å². The Morgan fingerprint density at radius 1 is 1.26 bits per heavy atom. The van der Waals surface area contributed by atoms with E-state index in [1.165, 1.54) is 5.56 Å². The first-order chi connectivity index (χ1) is 9.19. The highest BCUT2D eigenvalue weighted by Crippen LogP contribution is 2.20. The lowest BCUT2D eigenvalue weighted by molar-refractivity contribution is -0.115. The molecule has 0 radical (unpaired) electrons. The minimum Gasteiger partial charge on any atom is -0.326 e. The van der Waals surface area contributed by atoms with Gasteiger partial charge in [0, 0.05) is 5.69 Å². The van der Waals surface area contributed by atoms with Crippen LogP contribution in [0.5, 0.6) is 0 Å². The van der Waals surface area contributed by atoms with Gasteiger partial charge in [0.2, 0.25) is 5.91 Å². The molecule has 1 aromatic heterocycles. The highest BCUT2D eigenvalue weighted by atomic mass is 32.1. The smallest absolute Gasteiger partial charge is 0.228 e. The second-order valence-corrected chi connectivity index (χ2v) is 5.57. The van der Waals surface area contributed by atoms with Crippen LogP contribution in [0, 0.1) is 0 Å². The molecule has 1 heterocycles. The monoisotopic (exact) mass is 273 g/mol. The molecule has 2 aromatic rings. The Morgan fingerprint density at radius 3 is 2.58 bits per heavy atom. The van der Waals surface area contributed by atoms with E-state index < -0.39 is 0 Å². The molecule has 0 spiro atoms. The molecule has 0 saturated heterocycles. The Bertz CT molecular complexity index is 516. The summed E-state index contributed by atoms with van der Waals surface area (Å²) >= 11 is 1.62. The number of hydrogen-bond donors (Lipinski definition) is 1. The van der Waals surface area contributed by atoms with Crippen molar-refractivity contribution in [2.45, 2.75) is 32.6 Å². The Hall–Kier alpha value is -1.61. The Morgan fingerprint density at radius 2 is 2.00 bits per heavy atom. The van der Waals surface area contributed by atoms with Crippen LogP contribution in [0.15, 0.2) is 41.1 Å². The quantitative estimate of drug-likeness (QED) is 0.857. The molecular formula is C16H19NOS. The summed E-state index contributed by atoms with van der Waals surface area (Å²) in [7, 11) is 0. The minimum atomic E-state index is 0.0367.